The van der Waals surface area contributed by atoms with Gasteiger partial charge in [0, 0.05) is 5.02 Å². The van der Waals surface area contributed by atoms with E-state index >= 15 is 0 Å². The van der Waals surface area contributed by atoms with Gasteiger partial charge < -0.3 is 4.74 Å². The Hall–Kier alpha value is -1.09. The predicted molar refractivity (Wildman–Crippen MR) is 74.1 cm³/mol. The van der Waals surface area contributed by atoms with Crippen molar-refractivity contribution in [3.63, 3.8) is 0 Å². The van der Waals surface area contributed by atoms with E-state index in [2.05, 4.69) is 0 Å². The van der Waals surface area contributed by atoms with Gasteiger partial charge in [-0.2, -0.15) is 0 Å². The molecule has 0 aliphatic carbocycles. The Morgan fingerprint density at radius 2 is 1.89 bits per heavy atom. The lowest BCUT2D eigenvalue weighted by atomic mass is 9.93. The minimum absolute atomic E-state index is 0.149. The van der Waals surface area contributed by atoms with Crippen LogP contribution in [0.4, 0.5) is 4.39 Å². The molecule has 19 heavy (non-hydrogen) atoms. The number of halogens is 3. The van der Waals surface area contributed by atoms with Crippen molar-refractivity contribution in [1.29, 1.82) is 0 Å². The molecular weight excluding hydrogens is 286 g/mol. The van der Waals surface area contributed by atoms with Crippen LogP contribution >= 0.6 is 23.2 Å². The third kappa shape index (κ3) is 2.25. The van der Waals surface area contributed by atoms with E-state index in [-0.39, 0.29) is 17.8 Å². The number of rotatable bonds is 3. The Labute approximate surface area is 120 Å². The molecule has 1 aliphatic heterocycles. The molecule has 0 amide bonds. The van der Waals surface area contributed by atoms with Gasteiger partial charge in [-0.3, -0.25) is 0 Å². The van der Waals surface area contributed by atoms with E-state index in [4.69, 9.17) is 27.9 Å². The van der Waals surface area contributed by atoms with E-state index < -0.39 is 5.60 Å². The summed E-state index contributed by atoms with van der Waals surface area (Å²) in [5.74, 6) is -0.00337. The molecular formula is C15H11Cl2FO. The Kier molecular flexibility index (Phi) is 3.25. The molecule has 1 heterocycles. The molecule has 0 radical (unpaired) electrons. The van der Waals surface area contributed by atoms with Crippen molar-refractivity contribution >= 4 is 23.2 Å². The zero-order valence-corrected chi connectivity index (χ0v) is 11.5. The van der Waals surface area contributed by atoms with Crippen LogP contribution in [0.25, 0.3) is 0 Å². The number of ether oxygens (including phenoxy) is 1. The van der Waals surface area contributed by atoms with E-state index in [0.29, 0.717) is 5.02 Å². The zero-order chi connectivity index (χ0) is 13.5. The maximum atomic E-state index is 13.3. The molecule has 2 aromatic carbocycles. The molecule has 98 valence electrons. The molecule has 0 spiro atoms. The lowest BCUT2D eigenvalue weighted by Crippen LogP contribution is -2.12. The predicted octanol–water partition coefficient (Wildman–Crippen LogP) is 4.68. The maximum Gasteiger partial charge on any atom is 0.138 e. The van der Waals surface area contributed by atoms with Gasteiger partial charge in [0.25, 0.3) is 0 Å². The summed E-state index contributed by atoms with van der Waals surface area (Å²) >= 11 is 11.9. The third-order valence-corrected chi connectivity index (χ3v) is 4.03. The van der Waals surface area contributed by atoms with Gasteiger partial charge in [-0.25, -0.2) is 4.39 Å². The lowest BCUT2D eigenvalue weighted by Gasteiger charge is -2.10. The summed E-state index contributed by atoms with van der Waals surface area (Å²) in [6.07, 6.45) is -0.149. The fraction of sp³-hybridized carbons (Fsp3) is 0.200. The van der Waals surface area contributed by atoms with Crippen LogP contribution in [0.1, 0.15) is 17.2 Å². The summed E-state index contributed by atoms with van der Waals surface area (Å²) in [5, 5.41) is 0.673. The van der Waals surface area contributed by atoms with Gasteiger partial charge in [-0.05, 0) is 35.4 Å². The highest BCUT2D eigenvalue weighted by Gasteiger charge is 2.58. The molecule has 2 aromatic rings. The van der Waals surface area contributed by atoms with Gasteiger partial charge >= 0.3 is 0 Å². The fourth-order valence-corrected chi connectivity index (χ4v) is 2.78. The summed E-state index contributed by atoms with van der Waals surface area (Å²) in [7, 11) is 0. The first-order valence-corrected chi connectivity index (χ1v) is 6.82. The first-order valence-electron chi connectivity index (χ1n) is 5.91. The standard InChI is InChI=1S/C15H11Cl2FO/c16-9-15(11-2-1-3-13(18)8-11)14(19-15)10-4-6-12(17)7-5-10/h1-8,14H,9H2. The average molecular weight is 297 g/mol. The van der Waals surface area contributed by atoms with Gasteiger partial charge in [-0.1, -0.05) is 35.9 Å². The van der Waals surface area contributed by atoms with Crippen LogP contribution in [0.5, 0.6) is 0 Å². The molecule has 1 saturated heterocycles. The number of benzene rings is 2. The van der Waals surface area contributed by atoms with Crippen molar-refractivity contribution in [1.82, 2.24) is 0 Å². The number of epoxide rings is 1. The monoisotopic (exact) mass is 296 g/mol. The highest BCUT2D eigenvalue weighted by atomic mass is 35.5. The lowest BCUT2D eigenvalue weighted by molar-refractivity contribution is 0.315. The molecule has 0 saturated carbocycles. The molecule has 1 fully saturated rings. The summed E-state index contributed by atoms with van der Waals surface area (Å²) < 4.78 is 19.1. The summed E-state index contributed by atoms with van der Waals surface area (Å²) in [5.41, 5.74) is 1.13. The van der Waals surface area contributed by atoms with Crippen LogP contribution in [0.15, 0.2) is 48.5 Å². The summed E-state index contributed by atoms with van der Waals surface area (Å²) in [6.45, 7) is 0. The number of hydrogen-bond acceptors (Lipinski definition) is 1. The van der Waals surface area contributed by atoms with Crippen molar-refractivity contribution in [3.05, 3.63) is 70.5 Å². The van der Waals surface area contributed by atoms with Crippen molar-refractivity contribution in [3.8, 4) is 0 Å². The van der Waals surface area contributed by atoms with E-state index in [1.54, 1.807) is 6.07 Å². The summed E-state index contributed by atoms with van der Waals surface area (Å²) in [4.78, 5) is 0. The zero-order valence-electron chi connectivity index (χ0n) is 9.95. The molecule has 4 heteroatoms. The Morgan fingerprint density at radius 1 is 1.16 bits per heavy atom. The van der Waals surface area contributed by atoms with Crippen LogP contribution in [-0.2, 0) is 10.3 Å². The molecule has 0 N–H and O–H groups in total. The maximum absolute atomic E-state index is 13.3. The highest BCUT2D eigenvalue weighted by Crippen LogP contribution is 2.57. The molecule has 3 rings (SSSR count). The van der Waals surface area contributed by atoms with Crippen LogP contribution in [0, 0.1) is 5.82 Å². The molecule has 1 aliphatic rings. The highest BCUT2D eigenvalue weighted by molar-refractivity contribution is 6.30. The van der Waals surface area contributed by atoms with Crippen LogP contribution in [0.3, 0.4) is 0 Å². The number of alkyl halides is 1. The minimum atomic E-state index is -0.627. The second kappa shape index (κ2) is 4.78. The summed E-state index contributed by atoms with van der Waals surface area (Å²) in [6, 6.07) is 13.8. The molecule has 0 aromatic heterocycles. The number of hydrogen-bond donors (Lipinski definition) is 0. The Morgan fingerprint density at radius 3 is 2.53 bits per heavy atom. The quantitative estimate of drug-likeness (QED) is 0.591. The average Bonchev–Trinajstić information content (AvgIpc) is 3.16. The van der Waals surface area contributed by atoms with Gasteiger partial charge in [0.2, 0.25) is 0 Å². The van der Waals surface area contributed by atoms with Gasteiger partial charge in [0.05, 0.1) is 5.88 Å². The molecule has 2 unspecified atom stereocenters. The van der Waals surface area contributed by atoms with Crippen molar-refractivity contribution < 1.29 is 9.13 Å². The van der Waals surface area contributed by atoms with E-state index in [1.807, 2.05) is 30.3 Å². The van der Waals surface area contributed by atoms with Gasteiger partial charge in [-0.15, -0.1) is 11.6 Å². The molecule has 0 bridgehead atoms. The van der Waals surface area contributed by atoms with Crippen molar-refractivity contribution in [2.45, 2.75) is 11.7 Å². The van der Waals surface area contributed by atoms with Crippen LogP contribution < -0.4 is 0 Å². The van der Waals surface area contributed by atoms with E-state index in [0.717, 1.165) is 11.1 Å². The molecule has 1 nitrogen and oxygen atoms in total. The van der Waals surface area contributed by atoms with Gasteiger partial charge in [0.15, 0.2) is 0 Å². The second-order valence-electron chi connectivity index (χ2n) is 4.58. The van der Waals surface area contributed by atoms with E-state index in [1.165, 1.54) is 12.1 Å². The SMILES string of the molecule is Fc1cccc(C2(CCl)OC2c2ccc(Cl)cc2)c1. The first kappa shape index (κ1) is 12.9. The van der Waals surface area contributed by atoms with E-state index in [9.17, 15) is 4.39 Å². The van der Waals surface area contributed by atoms with Crippen molar-refractivity contribution in [2.75, 3.05) is 5.88 Å². The Balaban J connectivity index is 1.94. The third-order valence-electron chi connectivity index (χ3n) is 3.38. The Bertz CT molecular complexity index is 599. The van der Waals surface area contributed by atoms with Crippen molar-refractivity contribution in [2.24, 2.45) is 0 Å². The van der Waals surface area contributed by atoms with Crippen LogP contribution in [0.2, 0.25) is 5.02 Å². The largest absolute Gasteiger partial charge is 0.355 e. The normalized spacial score (nSPS) is 25.3. The second-order valence-corrected chi connectivity index (χ2v) is 5.29. The van der Waals surface area contributed by atoms with Gasteiger partial charge in [0.1, 0.15) is 17.5 Å². The van der Waals surface area contributed by atoms with Crippen LogP contribution in [-0.4, -0.2) is 5.88 Å². The molecule has 2 atom stereocenters. The topological polar surface area (TPSA) is 12.5 Å². The first-order chi connectivity index (χ1) is 9.15. The minimum Gasteiger partial charge on any atom is -0.355 e. The smallest absolute Gasteiger partial charge is 0.138 e. The fourth-order valence-electron chi connectivity index (χ4n) is 2.30.